The predicted molar refractivity (Wildman–Crippen MR) is 78.1 cm³/mol. The van der Waals surface area contributed by atoms with Crippen LogP contribution in [0.2, 0.25) is 0 Å². The van der Waals surface area contributed by atoms with Crippen LogP contribution in [0.25, 0.3) is 11.0 Å². The number of aliphatic imine (C=N–C) groups is 1. The Bertz CT molecular complexity index is 856. The lowest BCUT2D eigenvalue weighted by atomic mass is 10.1. The first-order valence-electron chi connectivity index (χ1n) is 5.93. The molecule has 2 aromatic rings. The number of nitrogens with two attached hydrogens (primary N) is 1. The maximum Gasteiger partial charge on any atom is 0.350 e. The number of carbonyl (C=O) groups excluding carboxylic acids is 2. The van der Waals surface area contributed by atoms with Crippen LogP contribution < -0.4 is 16.9 Å². The molecule has 1 aliphatic rings. The smallest absolute Gasteiger partial charge is 0.350 e. The molecule has 7 nitrogen and oxygen atoms in total. The summed E-state index contributed by atoms with van der Waals surface area (Å²) in [5.41, 5.74) is 1.96. The van der Waals surface area contributed by atoms with Crippen molar-refractivity contribution in [3.05, 3.63) is 45.8 Å². The highest BCUT2D eigenvalue weighted by Crippen LogP contribution is 2.29. The van der Waals surface area contributed by atoms with Gasteiger partial charge < -0.3 is 4.42 Å². The van der Waals surface area contributed by atoms with Crippen molar-refractivity contribution in [3.8, 4) is 0 Å². The SMILES string of the molecule is NNC(=O)CSC1=NC(=O)c2c1c1ccccc1oc2=O. The van der Waals surface area contributed by atoms with E-state index in [2.05, 4.69) is 4.99 Å². The van der Waals surface area contributed by atoms with E-state index in [9.17, 15) is 14.4 Å². The molecular formula is C13H9N3O4S. The molecule has 0 spiro atoms. The van der Waals surface area contributed by atoms with Gasteiger partial charge in [0.15, 0.2) is 0 Å². The summed E-state index contributed by atoms with van der Waals surface area (Å²) in [6, 6.07) is 6.85. The van der Waals surface area contributed by atoms with Gasteiger partial charge in [-0.2, -0.15) is 0 Å². The summed E-state index contributed by atoms with van der Waals surface area (Å²) in [7, 11) is 0. The fraction of sp³-hybridized carbons (Fsp3) is 0.0769. The minimum atomic E-state index is -0.726. The fourth-order valence-electron chi connectivity index (χ4n) is 2.05. The Morgan fingerprint density at radius 1 is 1.29 bits per heavy atom. The molecule has 3 rings (SSSR count). The molecular weight excluding hydrogens is 294 g/mol. The minimum Gasteiger partial charge on any atom is -0.422 e. The van der Waals surface area contributed by atoms with Gasteiger partial charge in [0.2, 0.25) is 5.91 Å². The van der Waals surface area contributed by atoms with Gasteiger partial charge in [-0.1, -0.05) is 30.0 Å². The number of rotatable bonds is 2. The van der Waals surface area contributed by atoms with Crippen molar-refractivity contribution >= 4 is 39.6 Å². The van der Waals surface area contributed by atoms with Gasteiger partial charge in [0.05, 0.1) is 5.75 Å². The van der Waals surface area contributed by atoms with Crippen LogP contribution in [0.15, 0.2) is 38.5 Å². The molecule has 21 heavy (non-hydrogen) atoms. The number of amides is 2. The molecule has 0 fully saturated rings. The lowest BCUT2D eigenvalue weighted by molar-refractivity contribution is -0.118. The first kappa shape index (κ1) is 13.5. The zero-order chi connectivity index (χ0) is 15.0. The van der Waals surface area contributed by atoms with Crippen molar-refractivity contribution in [2.24, 2.45) is 10.8 Å². The highest BCUT2D eigenvalue weighted by Gasteiger charge is 2.30. The van der Waals surface area contributed by atoms with Crippen LogP contribution in [0, 0.1) is 0 Å². The Balaban J connectivity index is 2.14. The Hall–Kier alpha value is -2.45. The van der Waals surface area contributed by atoms with Crippen LogP contribution in [-0.2, 0) is 4.79 Å². The third-order valence-corrected chi connectivity index (χ3v) is 3.92. The van der Waals surface area contributed by atoms with Crippen LogP contribution in [0.4, 0.5) is 0 Å². The van der Waals surface area contributed by atoms with E-state index >= 15 is 0 Å². The van der Waals surface area contributed by atoms with E-state index in [4.69, 9.17) is 10.3 Å². The molecule has 2 heterocycles. The van der Waals surface area contributed by atoms with E-state index in [0.717, 1.165) is 11.8 Å². The van der Waals surface area contributed by atoms with Gasteiger partial charge in [0, 0.05) is 10.9 Å². The molecule has 1 aromatic carbocycles. The average Bonchev–Trinajstić information content (AvgIpc) is 2.82. The lowest BCUT2D eigenvalue weighted by Gasteiger charge is -2.05. The van der Waals surface area contributed by atoms with Crippen LogP contribution in [0.5, 0.6) is 0 Å². The minimum absolute atomic E-state index is 0.00337. The topological polar surface area (TPSA) is 115 Å². The highest BCUT2D eigenvalue weighted by molar-refractivity contribution is 8.15. The number of hydrazine groups is 1. The van der Waals surface area contributed by atoms with Gasteiger partial charge in [0.1, 0.15) is 16.2 Å². The molecule has 0 radical (unpaired) electrons. The Morgan fingerprint density at radius 2 is 2.05 bits per heavy atom. The molecule has 1 aromatic heterocycles. The van der Waals surface area contributed by atoms with Crippen molar-refractivity contribution in [3.63, 3.8) is 0 Å². The maximum absolute atomic E-state index is 11.9. The number of hydrogen-bond acceptors (Lipinski definition) is 6. The number of hydrogen-bond donors (Lipinski definition) is 2. The van der Waals surface area contributed by atoms with Gasteiger partial charge in [0.25, 0.3) is 5.91 Å². The Kier molecular flexibility index (Phi) is 3.32. The van der Waals surface area contributed by atoms with Gasteiger partial charge in [-0.25, -0.2) is 15.6 Å². The molecule has 1 aliphatic heterocycles. The molecule has 2 amide bonds. The predicted octanol–water partition coefficient (Wildman–Crippen LogP) is 0.417. The van der Waals surface area contributed by atoms with E-state index < -0.39 is 17.4 Å². The number of para-hydroxylation sites is 1. The van der Waals surface area contributed by atoms with E-state index in [1.807, 2.05) is 5.43 Å². The normalized spacial score (nSPS) is 13.2. The summed E-state index contributed by atoms with van der Waals surface area (Å²) >= 11 is 1.04. The summed E-state index contributed by atoms with van der Waals surface area (Å²) in [5, 5.41) is 0.931. The summed E-state index contributed by atoms with van der Waals surface area (Å²) < 4.78 is 5.11. The van der Waals surface area contributed by atoms with Crippen molar-refractivity contribution in [1.82, 2.24) is 5.43 Å². The van der Waals surface area contributed by atoms with Gasteiger partial charge in [-0.3, -0.25) is 15.0 Å². The largest absolute Gasteiger partial charge is 0.422 e. The number of fused-ring (bicyclic) bond motifs is 3. The molecule has 0 aliphatic carbocycles. The fourth-order valence-corrected chi connectivity index (χ4v) is 2.91. The Morgan fingerprint density at radius 3 is 2.81 bits per heavy atom. The van der Waals surface area contributed by atoms with Gasteiger partial charge in [-0.15, -0.1) is 0 Å². The second-order valence-electron chi connectivity index (χ2n) is 4.21. The summed E-state index contributed by atoms with van der Waals surface area (Å²) in [4.78, 5) is 38.8. The van der Waals surface area contributed by atoms with Crippen LogP contribution >= 0.6 is 11.8 Å². The monoisotopic (exact) mass is 303 g/mol. The van der Waals surface area contributed by atoms with Crippen molar-refractivity contribution in [2.45, 2.75) is 0 Å². The second kappa shape index (κ2) is 5.15. The quantitative estimate of drug-likeness (QED) is 0.359. The molecule has 0 saturated heterocycles. The van der Waals surface area contributed by atoms with Crippen LogP contribution in [0.3, 0.4) is 0 Å². The summed E-state index contributed by atoms with van der Waals surface area (Å²) in [6.07, 6.45) is 0. The Labute approximate surface area is 122 Å². The third kappa shape index (κ3) is 2.24. The van der Waals surface area contributed by atoms with E-state index in [0.29, 0.717) is 21.6 Å². The van der Waals surface area contributed by atoms with E-state index in [1.54, 1.807) is 24.3 Å². The highest BCUT2D eigenvalue weighted by atomic mass is 32.2. The summed E-state index contributed by atoms with van der Waals surface area (Å²) in [6.45, 7) is 0. The number of thioether (sulfide) groups is 1. The number of nitrogens with one attached hydrogen (secondary N) is 1. The van der Waals surface area contributed by atoms with Gasteiger partial charge in [-0.05, 0) is 6.07 Å². The number of benzene rings is 1. The van der Waals surface area contributed by atoms with Crippen molar-refractivity contribution in [1.29, 1.82) is 0 Å². The second-order valence-corrected chi connectivity index (χ2v) is 5.18. The molecule has 3 N–H and O–H groups in total. The molecule has 8 heteroatoms. The molecule has 0 atom stereocenters. The first-order chi connectivity index (χ1) is 10.1. The van der Waals surface area contributed by atoms with Gasteiger partial charge >= 0.3 is 5.63 Å². The third-order valence-electron chi connectivity index (χ3n) is 2.94. The van der Waals surface area contributed by atoms with E-state index in [-0.39, 0.29) is 11.3 Å². The van der Waals surface area contributed by atoms with E-state index in [1.165, 1.54) is 0 Å². The average molecular weight is 303 g/mol. The standard InChI is InChI=1S/C13H9N3O4S/c14-16-8(17)5-21-12-9-6-3-1-2-4-7(6)20-13(19)10(9)11(18)15-12/h1-4H,5,14H2,(H,16,17). The first-order valence-corrected chi connectivity index (χ1v) is 6.92. The maximum atomic E-state index is 11.9. The van der Waals surface area contributed by atoms with Crippen molar-refractivity contribution in [2.75, 3.05) is 5.75 Å². The molecule has 0 saturated carbocycles. The summed E-state index contributed by atoms with van der Waals surface area (Å²) in [5.74, 6) is 3.95. The van der Waals surface area contributed by atoms with Crippen LogP contribution in [0.1, 0.15) is 15.9 Å². The molecule has 0 bridgehead atoms. The van der Waals surface area contributed by atoms with Crippen molar-refractivity contribution < 1.29 is 14.0 Å². The number of nitrogens with zero attached hydrogens (tertiary/aromatic N) is 1. The molecule has 0 unspecified atom stereocenters. The zero-order valence-electron chi connectivity index (χ0n) is 10.6. The molecule has 106 valence electrons. The zero-order valence-corrected chi connectivity index (χ0v) is 11.4. The lowest BCUT2D eigenvalue weighted by Crippen LogP contribution is -2.31. The van der Waals surface area contributed by atoms with Crippen LogP contribution in [-0.4, -0.2) is 22.6 Å². The number of carbonyl (C=O) groups is 2.